The monoisotopic (exact) mass is 443 g/mol. The van der Waals surface area contributed by atoms with Crippen LogP contribution in [0.3, 0.4) is 0 Å². The Kier molecular flexibility index (Phi) is 9.70. The number of hydrogen-bond donors (Lipinski definition) is 1. The van der Waals surface area contributed by atoms with Crippen LogP contribution in [0, 0.1) is 5.92 Å². The fraction of sp³-hybridized carbons (Fsp3) is 0.778. The highest BCUT2D eigenvalue weighted by atomic mass is 16.5. The third-order valence-electron chi connectivity index (χ3n) is 7.78. The topological polar surface area (TPSA) is 39.2 Å². The summed E-state index contributed by atoms with van der Waals surface area (Å²) in [5.74, 6) is 1.65. The van der Waals surface area contributed by atoms with Crippen LogP contribution in [-0.2, 0) is 6.54 Å². The van der Waals surface area contributed by atoms with E-state index in [1.807, 2.05) is 0 Å². The number of rotatable bonds is 11. The lowest BCUT2D eigenvalue weighted by Gasteiger charge is -2.39. The van der Waals surface area contributed by atoms with Crippen LogP contribution < -0.4 is 4.74 Å². The highest BCUT2D eigenvalue weighted by Gasteiger charge is 2.28. The Morgan fingerprint density at radius 3 is 2.44 bits per heavy atom. The van der Waals surface area contributed by atoms with Gasteiger partial charge in [0.25, 0.3) is 0 Å². The molecule has 32 heavy (non-hydrogen) atoms. The van der Waals surface area contributed by atoms with Crippen molar-refractivity contribution in [3.8, 4) is 5.75 Å². The van der Waals surface area contributed by atoms with E-state index < -0.39 is 0 Å². The maximum Gasteiger partial charge on any atom is 0.119 e. The van der Waals surface area contributed by atoms with E-state index in [1.54, 1.807) is 0 Å². The number of hydrogen-bond acceptors (Lipinski definition) is 5. The first-order valence-electron chi connectivity index (χ1n) is 13.3. The molecule has 4 rings (SSSR count). The van der Waals surface area contributed by atoms with E-state index in [1.165, 1.54) is 109 Å². The van der Waals surface area contributed by atoms with Gasteiger partial charge >= 0.3 is 0 Å². The van der Waals surface area contributed by atoms with Crippen molar-refractivity contribution < 1.29 is 9.84 Å². The summed E-state index contributed by atoms with van der Waals surface area (Å²) in [6.45, 7) is 10.2. The number of aliphatic hydroxyl groups excluding tert-OH is 1. The normalized spacial score (nSPS) is 23.8. The van der Waals surface area contributed by atoms with Crippen molar-refractivity contribution in [3.05, 3.63) is 29.8 Å². The molecule has 0 unspecified atom stereocenters. The van der Waals surface area contributed by atoms with Gasteiger partial charge in [0, 0.05) is 38.8 Å². The molecule has 1 aromatic carbocycles. The van der Waals surface area contributed by atoms with Gasteiger partial charge in [-0.2, -0.15) is 0 Å². The molecule has 3 aliphatic rings. The van der Waals surface area contributed by atoms with Crippen LogP contribution in [0.4, 0.5) is 0 Å². The predicted molar refractivity (Wildman–Crippen MR) is 131 cm³/mol. The van der Waals surface area contributed by atoms with Crippen LogP contribution in [0.5, 0.6) is 5.75 Å². The number of ether oxygens (including phenoxy) is 1. The fourth-order valence-corrected chi connectivity index (χ4v) is 6.03. The van der Waals surface area contributed by atoms with E-state index >= 15 is 0 Å². The molecule has 3 fully saturated rings. The van der Waals surface area contributed by atoms with E-state index in [0.29, 0.717) is 6.61 Å². The van der Waals surface area contributed by atoms with Gasteiger partial charge < -0.3 is 19.6 Å². The predicted octanol–water partition coefficient (Wildman–Crippen LogP) is 4.00. The Morgan fingerprint density at radius 1 is 0.906 bits per heavy atom. The number of likely N-dealkylation sites (tertiary alicyclic amines) is 2. The molecule has 0 radical (unpaired) electrons. The van der Waals surface area contributed by atoms with E-state index in [0.717, 1.165) is 24.3 Å². The minimum absolute atomic E-state index is 0.0608. The van der Waals surface area contributed by atoms with Crippen LogP contribution in [0.25, 0.3) is 0 Å². The Morgan fingerprint density at radius 2 is 1.69 bits per heavy atom. The third kappa shape index (κ3) is 7.44. The average Bonchev–Trinajstić information content (AvgIpc) is 3.38. The minimum atomic E-state index is 0.0608. The maximum absolute atomic E-state index is 8.97. The molecule has 1 aromatic rings. The van der Waals surface area contributed by atoms with Crippen molar-refractivity contribution in [1.29, 1.82) is 0 Å². The zero-order valence-electron chi connectivity index (χ0n) is 20.1. The number of nitrogens with zero attached hydrogens (tertiary/aromatic N) is 3. The zero-order valence-corrected chi connectivity index (χ0v) is 20.1. The lowest BCUT2D eigenvalue weighted by atomic mass is 9.95. The van der Waals surface area contributed by atoms with E-state index in [4.69, 9.17) is 9.84 Å². The van der Waals surface area contributed by atoms with Crippen LogP contribution in [0.1, 0.15) is 63.4 Å². The first kappa shape index (κ1) is 24.0. The molecule has 1 atom stereocenters. The molecule has 1 aliphatic carbocycles. The van der Waals surface area contributed by atoms with Crippen LogP contribution in [-0.4, -0.2) is 84.9 Å². The van der Waals surface area contributed by atoms with Gasteiger partial charge in [-0.3, -0.25) is 4.90 Å². The summed E-state index contributed by atoms with van der Waals surface area (Å²) in [5.41, 5.74) is 1.36. The van der Waals surface area contributed by atoms with Gasteiger partial charge in [-0.1, -0.05) is 31.4 Å². The van der Waals surface area contributed by atoms with Crippen molar-refractivity contribution in [3.63, 3.8) is 0 Å². The molecule has 0 spiro atoms. The smallest absolute Gasteiger partial charge is 0.119 e. The molecule has 0 aromatic heterocycles. The van der Waals surface area contributed by atoms with Gasteiger partial charge in [0.1, 0.15) is 12.4 Å². The van der Waals surface area contributed by atoms with Gasteiger partial charge in [0.2, 0.25) is 0 Å². The Bertz CT molecular complexity index is 641. The standard InChI is InChI=1S/C27H45N3O2/c31-19-20-32-27-12-10-24(11-13-27)21-29(18-17-28-14-4-1-5-15-28)22-25-7-6-16-30(23-25)26-8-2-3-9-26/h10-13,25-26,31H,1-9,14-23H2/t25-/m0/s1. The lowest BCUT2D eigenvalue weighted by Crippen LogP contribution is -2.46. The second-order valence-electron chi connectivity index (χ2n) is 10.3. The van der Waals surface area contributed by atoms with Gasteiger partial charge in [0.05, 0.1) is 6.61 Å². The van der Waals surface area contributed by atoms with Crippen molar-refractivity contribution in [1.82, 2.24) is 14.7 Å². The van der Waals surface area contributed by atoms with Gasteiger partial charge in [-0.25, -0.2) is 0 Å². The van der Waals surface area contributed by atoms with Gasteiger partial charge in [-0.15, -0.1) is 0 Å². The van der Waals surface area contributed by atoms with Crippen molar-refractivity contribution >= 4 is 0 Å². The summed E-state index contributed by atoms with van der Waals surface area (Å²) >= 11 is 0. The number of piperidine rings is 2. The van der Waals surface area contributed by atoms with E-state index in [-0.39, 0.29) is 6.61 Å². The number of benzene rings is 1. The quantitative estimate of drug-likeness (QED) is 0.560. The first-order chi connectivity index (χ1) is 15.8. The summed E-state index contributed by atoms with van der Waals surface area (Å²) in [7, 11) is 0. The molecule has 5 nitrogen and oxygen atoms in total. The fourth-order valence-electron chi connectivity index (χ4n) is 6.03. The van der Waals surface area contributed by atoms with Crippen LogP contribution >= 0.6 is 0 Å². The van der Waals surface area contributed by atoms with Crippen LogP contribution in [0.15, 0.2) is 24.3 Å². The number of aliphatic hydroxyl groups is 1. The second-order valence-corrected chi connectivity index (χ2v) is 10.3. The third-order valence-corrected chi connectivity index (χ3v) is 7.78. The highest BCUT2D eigenvalue weighted by Crippen LogP contribution is 2.28. The summed E-state index contributed by atoms with van der Waals surface area (Å²) < 4.78 is 5.55. The van der Waals surface area contributed by atoms with Gasteiger partial charge in [-0.05, 0) is 81.8 Å². The molecule has 180 valence electrons. The summed E-state index contributed by atoms with van der Waals surface area (Å²) in [5, 5.41) is 8.97. The molecule has 0 amide bonds. The van der Waals surface area contributed by atoms with E-state index in [9.17, 15) is 0 Å². The largest absolute Gasteiger partial charge is 0.491 e. The molecule has 2 aliphatic heterocycles. The molecular weight excluding hydrogens is 398 g/mol. The maximum atomic E-state index is 8.97. The summed E-state index contributed by atoms with van der Waals surface area (Å²) in [6, 6.07) is 9.37. The molecule has 5 heteroatoms. The zero-order chi connectivity index (χ0) is 22.0. The van der Waals surface area contributed by atoms with Crippen molar-refractivity contribution in [2.45, 2.75) is 70.4 Å². The molecule has 1 saturated carbocycles. The minimum Gasteiger partial charge on any atom is -0.491 e. The SMILES string of the molecule is OCCOc1ccc(CN(CCN2CCCCC2)C[C@@H]2CCCN(C3CCCC3)C2)cc1. The Labute approximate surface area is 195 Å². The molecule has 2 heterocycles. The Hall–Kier alpha value is -1.14. The van der Waals surface area contributed by atoms with Gasteiger partial charge in [0.15, 0.2) is 0 Å². The average molecular weight is 444 g/mol. The lowest BCUT2D eigenvalue weighted by molar-refractivity contribution is 0.0912. The summed E-state index contributed by atoms with van der Waals surface area (Å²) in [4.78, 5) is 8.23. The highest BCUT2D eigenvalue weighted by molar-refractivity contribution is 5.27. The molecule has 0 bridgehead atoms. The van der Waals surface area contributed by atoms with E-state index in [2.05, 4.69) is 39.0 Å². The molecule has 2 saturated heterocycles. The first-order valence-corrected chi connectivity index (χ1v) is 13.3. The molecular formula is C27H45N3O2. The van der Waals surface area contributed by atoms with Crippen molar-refractivity contribution in [2.24, 2.45) is 5.92 Å². The van der Waals surface area contributed by atoms with Crippen LogP contribution in [0.2, 0.25) is 0 Å². The molecule has 1 N–H and O–H groups in total. The summed E-state index contributed by atoms with van der Waals surface area (Å²) in [6.07, 6.45) is 12.6. The Balaban J connectivity index is 1.34. The van der Waals surface area contributed by atoms with Crippen molar-refractivity contribution in [2.75, 3.05) is 59.0 Å². The second kappa shape index (κ2) is 12.9.